The number of carboxylic acid groups (broad SMARTS) is 1. The summed E-state index contributed by atoms with van der Waals surface area (Å²) in [4.78, 5) is 10.8. The average molecular weight is 226 g/mol. The van der Waals surface area contributed by atoms with Crippen LogP contribution in [0.15, 0.2) is 12.1 Å². The van der Waals surface area contributed by atoms with Crippen LogP contribution in [0.3, 0.4) is 0 Å². The van der Waals surface area contributed by atoms with Crippen molar-refractivity contribution >= 4 is 5.97 Å². The Hall–Kier alpha value is -1.91. The molecule has 0 atom stereocenters. The molecule has 0 heterocycles. The lowest BCUT2D eigenvalue weighted by atomic mass is 10.2. The molecule has 0 spiro atoms. The smallest absolute Gasteiger partial charge is 0.339 e. The largest absolute Gasteiger partial charge is 0.504 e. The van der Waals surface area contributed by atoms with Crippen molar-refractivity contribution < 1.29 is 24.9 Å². The zero-order valence-corrected chi connectivity index (χ0v) is 8.93. The summed E-state index contributed by atoms with van der Waals surface area (Å²) in [5.41, 5.74) is -0.161. The predicted octanol–water partition coefficient (Wildman–Crippen LogP) is 1.97. The van der Waals surface area contributed by atoms with Gasteiger partial charge in [-0.25, -0.2) is 4.79 Å². The molecule has 1 aromatic rings. The van der Waals surface area contributed by atoms with E-state index in [1.165, 1.54) is 0 Å². The SMILES string of the molecule is CCCCOc1cc(O)c(O)cc1C(=O)O. The number of unbranched alkanes of at least 4 members (excludes halogenated alkanes) is 1. The quantitative estimate of drug-likeness (QED) is 0.527. The maximum atomic E-state index is 10.8. The molecule has 1 rings (SSSR count). The molecule has 3 N–H and O–H groups in total. The van der Waals surface area contributed by atoms with E-state index in [9.17, 15) is 15.0 Å². The van der Waals surface area contributed by atoms with Gasteiger partial charge in [0.2, 0.25) is 0 Å². The molecule has 0 bridgehead atoms. The molecule has 1 aromatic carbocycles. The third kappa shape index (κ3) is 2.79. The monoisotopic (exact) mass is 226 g/mol. The molecule has 0 aromatic heterocycles. The number of ether oxygens (including phenoxy) is 1. The first-order valence-corrected chi connectivity index (χ1v) is 4.98. The van der Waals surface area contributed by atoms with E-state index in [-0.39, 0.29) is 11.3 Å². The van der Waals surface area contributed by atoms with Gasteiger partial charge in [-0.1, -0.05) is 13.3 Å². The molecule has 0 aliphatic heterocycles. The maximum absolute atomic E-state index is 10.8. The zero-order chi connectivity index (χ0) is 12.1. The van der Waals surface area contributed by atoms with Crippen molar-refractivity contribution in [1.82, 2.24) is 0 Å². The molecule has 5 heteroatoms. The third-order valence-electron chi connectivity index (χ3n) is 2.06. The molecule has 88 valence electrons. The van der Waals surface area contributed by atoms with Crippen LogP contribution in [0.25, 0.3) is 0 Å². The minimum Gasteiger partial charge on any atom is -0.504 e. The fourth-order valence-electron chi connectivity index (χ4n) is 1.17. The van der Waals surface area contributed by atoms with E-state index >= 15 is 0 Å². The Bertz CT molecular complexity index is 386. The Labute approximate surface area is 92.9 Å². The Morgan fingerprint density at radius 2 is 1.94 bits per heavy atom. The lowest BCUT2D eigenvalue weighted by Gasteiger charge is -2.09. The van der Waals surface area contributed by atoms with Gasteiger partial charge in [0.25, 0.3) is 0 Å². The summed E-state index contributed by atoms with van der Waals surface area (Å²) in [6.07, 6.45) is 1.72. The summed E-state index contributed by atoms with van der Waals surface area (Å²) < 4.78 is 5.22. The van der Waals surface area contributed by atoms with Crippen molar-refractivity contribution in [1.29, 1.82) is 0 Å². The fourth-order valence-corrected chi connectivity index (χ4v) is 1.17. The van der Waals surface area contributed by atoms with Gasteiger partial charge in [0.1, 0.15) is 11.3 Å². The molecular formula is C11H14O5. The zero-order valence-electron chi connectivity index (χ0n) is 8.93. The van der Waals surface area contributed by atoms with Gasteiger partial charge in [0.15, 0.2) is 11.5 Å². The first-order valence-electron chi connectivity index (χ1n) is 4.98. The number of carbonyl (C=O) groups is 1. The van der Waals surface area contributed by atoms with Gasteiger partial charge in [-0.15, -0.1) is 0 Å². The van der Waals surface area contributed by atoms with Crippen LogP contribution in [0.1, 0.15) is 30.1 Å². The molecule has 5 nitrogen and oxygen atoms in total. The highest BCUT2D eigenvalue weighted by Crippen LogP contribution is 2.33. The van der Waals surface area contributed by atoms with Crippen LogP contribution in [-0.2, 0) is 0 Å². The van der Waals surface area contributed by atoms with Gasteiger partial charge in [0, 0.05) is 12.1 Å². The maximum Gasteiger partial charge on any atom is 0.339 e. The van der Waals surface area contributed by atoms with Crippen LogP contribution >= 0.6 is 0 Å². The molecule has 0 unspecified atom stereocenters. The van der Waals surface area contributed by atoms with E-state index < -0.39 is 17.5 Å². The highest BCUT2D eigenvalue weighted by Gasteiger charge is 2.15. The van der Waals surface area contributed by atoms with Crippen molar-refractivity contribution in [3.63, 3.8) is 0 Å². The third-order valence-corrected chi connectivity index (χ3v) is 2.06. The number of aromatic carboxylic acids is 1. The van der Waals surface area contributed by atoms with Crippen LogP contribution in [0.5, 0.6) is 17.2 Å². The van der Waals surface area contributed by atoms with E-state index in [1.807, 2.05) is 6.92 Å². The number of hydrogen-bond donors (Lipinski definition) is 3. The highest BCUT2D eigenvalue weighted by molar-refractivity contribution is 5.91. The van der Waals surface area contributed by atoms with Crippen LogP contribution in [0, 0.1) is 0 Å². The number of phenolic OH excluding ortho intramolecular Hbond substituents is 2. The second-order valence-corrected chi connectivity index (χ2v) is 3.34. The molecule has 0 aliphatic carbocycles. The second kappa shape index (κ2) is 5.25. The standard InChI is InChI=1S/C11H14O5/c1-2-3-4-16-10-6-9(13)8(12)5-7(10)11(14)15/h5-6,12-13H,2-4H2,1H3,(H,14,15). The number of benzene rings is 1. The topological polar surface area (TPSA) is 87.0 Å². The van der Waals surface area contributed by atoms with Crippen molar-refractivity contribution in [2.75, 3.05) is 6.61 Å². The Morgan fingerprint density at radius 3 is 2.50 bits per heavy atom. The summed E-state index contributed by atoms with van der Waals surface area (Å²) >= 11 is 0. The molecule has 0 aliphatic rings. The van der Waals surface area contributed by atoms with E-state index in [4.69, 9.17) is 9.84 Å². The minimum atomic E-state index is -1.21. The van der Waals surface area contributed by atoms with E-state index in [2.05, 4.69) is 0 Å². The van der Waals surface area contributed by atoms with Crippen molar-refractivity contribution in [2.24, 2.45) is 0 Å². The average Bonchev–Trinajstić information content (AvgIpc) is 2.23. The van der Waals surface area contributed by atoms with Crippen LogP contribution in [-0.4, -0.2) is 27.9 Å². The number of hydrogen-bond acceptors (Lipinski definition) is 4. The molecular weight excluding hydrogens is 212 g/mol. The summed E-state index contributed by atoms with van der Waals surface area (Å²) in [7, 11) is 0. The van der Waals surface area contributed by atoms with E-state index in [0.29, 0.717) is 6.61 Å². The first-order chi connectivity index (χ1) is 7.56. The molecule has 0 fully saturated rings. The predicted molar refractivity (Wildman–Crippen MR) is 57.1 cm³/mol. The molecule has 0 radical (unpaired) electrons. The van der Waals surface area contributed by atoms with Gasteiger partial charge in [-0.3, -0.25) is 0 Å². The van der Waals surface area contributed by atoms with Gasteiger partial charge in [-0.05, 0) is 6.42 Å². The van der Waals surface area contributed by atoms with Gasteiger partial charge >= 0.3 is 5.97 Å². The van der Waals surface area contributed by atoms with Gasteiger partial charge < -0.3 is 20.1 Å². The normalized spacial score (nSPS) is 10.1. The number of aromatic hydroxyl groups is 2. The second-order valence-electron chi connectivity index (χ2n) is 3.34. The van der Waals surface area contributed by atoms with Crippen LogP contribution < -0.4 is 4.74 Å². The molecule has 0 amide bonds. The minimum absolute atomic E-state index is 0.0660. The lowest BCUT2D eigenvalue weighted by molar-refractivity contribution is 0.0691. The van der Waals surface area contributed by atoms with Gasteiger partial charge in [-0.2, -0.15) is 0 Å². The first kappa shape index (κ1) is 12.2. The van der Waals surface area contributed by atoms with E-state index in [1.54, 1.807) is 0 Å². The Morgan fingerprint density at radius 1 is 1.31 bits per heavy atom. The van der Waals surface area contributed by atoms with Gasteiger partial charge in [0.05, 0.1) is 6.61 Å². The fraction of sp³-hybridized carbons (Fsp3) is 0.364. The summed E-state index contributed by atoms with van der Waals surface area (Å²) in [6.45, 7) is 2.36. The lowest BCUT2D eigenvalue weighted by Crippen LogP contribution is -2.04. The number of carboxylic acids is 1. The van der Waals surface area contributed by atoms with E-state index in [0.717, 1.165) is 25.0 Å². The summed E-state index contributed by atoms with van der Waals surface area (Å²) in [5, 5.41) is 27.3. The van der Waals surface area contributed by atoms with Crippen molar-refractivity contribution in [3.8, 4) is 17.2 Å². The van der Waals surface area contributed by atoms with Crippen molar-refractivity contribution in [3.05, 3.63) is 17.7 Å². The molecule has 0 saturated carbocycles. The van der Waals surface area contributed by atoms with Crippen LogP contribution in [0.4, 0.5) is 0 Å². The summed E-state index contributed by atoms with van der Waals surface area (Å²) in [5.74, 6) is -2.00. The number of rotatable bonds is 5. The highest BCUT2D eigenvalue weighted by atomic mass is 16.5. The Balaban J connectivity index is 2.95. The summed E-state index contributed by atoms with van der Waals surface area (Å²) in [6, 6.07) is 2.08. The van der Waals surface area contributed by atoms with Crippen LogP contribution in [0.2, 0.25) is 0 Å². The number of phenols is 2. The molecule has 0 saturated heterocycles. The Kier molecular flexibility index (Phi) is 3.99. The van der Waals surface area contributed by atoms with Crippen molar-refractivity contribution in [2.45, 2.75) is 19.8 Å². The molecule has 16 heavy (non-hydrogen) atoms.